The van der Waals surface area contributed by atoms with Gasteiger partial charge in [0, 0.05) is 19.2 Å². The van der Waals surface area contributed by atoms with Crippen LogP contribution in [0.1, 0.15) is 31.4 Å². The van der Waals surface area contributed by atoms with Crippen LogP contribution in [0.2, 0.25) is 0 Å². The molecule has 3 rings (SSSR count). The fraction of sp³-hybridized carbons (Fsp3) is 0.643. The van der Waals surface area contributed by atoms with Crippen molar-refractivity contribution in [2.75, 3.05) is 13.2 Å². The molecule has 1 aromatic rings. The van der Waals surface area contributed by atoms with Gasteiger partial charge in [-0.15, -0.1) is 0 Å². The molecule has 104 valence electrons. The zero-order valence-electron chi connectivity index (χ0n) is 11.0. The number of rotatable bonds is 5. The minimum atomic E-state index is 0.300. The lowest BCUT2D eigenvalue weighted by Crippen LogP contribution is -2.43. The van der Waals surface area contributed by atoms with Gasteiger partial charge in [-0.05, 0) is 50.0 Å². The molecule has 0 radical (unpaired) electrons. The Morgan fingerprint density at radius 1 is 1.42 bits per heavy atom. The predicted molar refractivity (Wildman–Crippen MR) is 76.8 cm³/mol. The van der Waals surface area contributed by atoms with E-state index in [1.54, 1.807) is 6.26 Å². The highest BCUT2D eigenvalue weighted by molar-refractivity contribution is 7.80. The lowest BCUT2D eigenvalue weighted by Gasteiger charge is -2.27. The maximum atomic E-state index is 5.71. The van der Waals surface area contributed by atoms with E-state index in [4.69, 9.17) is 21.4 Å². The van der Waals surface area contributed by atoms with Crippen LogP contribution in [0.5, 0.6) is 0 Å². The van der Waals surface area contributed by atoms with Gasteiger partial charge in [0.05, 0.1) is 18.9 Å². The number of thiocarbonyl (C=S) groups is 1. The average Bonchev–Trinajstić information content (AvgIpc) is 2.90. The van der Waals surface area contributed by atoms with Crippen LogP contribution >= 0.6 is 12.2 Å². The second-order valence-electron chi connectivity index (χ2n) is 5.32. The lowest BCUT2D eigenvalue weighted by molar-refractivity contribution is 0.0884. The molecule has 1 aliphatic carbocycles. The van der Waals surface area contributed by atoms with Crippen molar-refractivity contribution in [3.05, 3.63) is 24.2 Å². The fourth-order valence-corrected chi connectivity index (χ4v) is 2.64. The molecule has 5 heteroatoms. The van der Waals surface area contributed by atoms with Gasteiger partial charge in [0.15, 0.2) is 5.11 Å². The molecule has 0 bridgehead atoms. The normalized spacial score (nSPS) is 22.4. The lowest BCUT2D eigenvalue weighted by atomic mass is 10.2. The number of ether oxygens (including phenoxy) is 1. The van der Waals surface area contributed by atoms with Crippen LogP contribution in [0.25, 0.3) is 0 Å². The first-order valence-electron chi connectivity index (χ1n) is 7.00. The number of hydrogen-bond donors (Lipinski definition) is 1. The van der Waals surface area contributed by atoms with Crippen LogP contribution in [0.3, 0.4) is 0 Å². The monoisotopic (exact) mass is 280 g/mol. The number of nitrogens with zero attached hydrogens (tertiary/aromatic N) is 1. The van der Waals surface area contributed by atoms with Crippen molar-refractivity contribution in [2.45, 2.75) is 44.4 Å². The van der Waals surface area contributed by atoms with E-state index in [-0.39, 0.29) is 0 Å². The highest BCUT2D eigenvalue weighted by Gasteiger charge is 2.26. The molecule has 0 aromatic carbocycles. The summed E-state index contributed by atoms with van der Waals surface area (Å²) in [4.78, 5) is 2.17. The summed E-state index contributed by atoms with van der Waals surface area (Å²) in [6, 6.07) is 4.48. The van der Waals surface area contributed by atoms with Gasteiger partial charge in [0.1, 0.15) is 5.76 Å². The van der Waals surface area contributed by atoms with E-state index >= 15 is 0 Å². The maximum Gasteiger partial charge on any atom is 0.169 e. The first kappa shape index (κ1) is 12.9. The Morgan fingerprint density at radius 2 is 2.32 bits per heavy atom. The predicted octanol–water partition coefficient (Wildman–Crippen LogP) is 2.30. The van der Waals surface area contributed by atoms with Crippen molar-refractivity contribution in [2.24, 2.45) is 0 Å². The van der Waals surface area contributed by atoms with Gasteiger partial charge >= 0.3 is 0 Å². The van der Waals surface area contributed by atoms with Gasteiger partial charge in [-0.25, -0.2) is 0 Å². The molecule has 4 nitrogen and oxygen atoms in total. The molecule has 0 unspecified atom stereocenters. The largest absolute Gasteiger partial charge is 0.467 e. The molecule has 2 fully saturated rings. The van der Waals surface area contributed by atoms with E-state index < -0.39 is 0 Å². The SMILES string of the molecule is S=C(NC1CC1)N(Cc1ccco1)C[C@H]1CCCO1. The first-order chi connectivity index (χ1) is 9.31. The molecule has 1 N–H and O–H groups in total. The van der Waals surface area contributed by atoms with Crippen molar-refractivity contribution >= 4 is 17.3 Å². The summed E-state index contributed by atoms with van der Waals surface area (Å²) in [6.07, 6.45) is 6.75. The summed E-state index contributed by atoms with van der Waals surface area (Å²) in [6.45, 7) is 2.44. The Balaban J connectivity index is 1.60. The van der Waals surface area contributed by atoms with Crippen LogP contribution in [-0.2, 0) is 11.3 Å². The van der Waals surface area contributed by atoms with Crippen molar-refractivity contribution in [3.63, 3.8) is 0 Å². The topological polar surface area (TPSA) is 37.6 Å². The molecule has 2 aliphatic rings. The molecule has 0 amide bonds. The molecule has 1 saturated carbocycles. The minimum absolute atomic E-state index is 0.300. The van der Waals surface area contributed by atoms with Gasteiger partial charge in [-0.3, -0.25) is 0 Å². The summed E-state index contributed by atoms with van der Waals surface area (Å²) in [5.74, 6) is 0.943. The second kappa shape index (κ2) is 5.92. The van der Waals surface area contributed by atoms with E-state index in [2.05, 4.69) is 10.2 Å². The van der Waals surface area contributed by atoms with Crippen molar-refractivity contribution in [1.29, 1.82) is 0 Å². The van der Waals surface area contributed by atoms with E-state index in [0.29, 0.717) is 18.7 Å². The molecule has 1 aromatic heterocycles. The second-order valence-corrected chi connectivity index (χ2v) is 5.71. The van der Waals surface area contributed by atoms with Crippen LogP contribution < -0.4 is 5.32 Å². The number of hydrogen-bond acceptors (Lipinski definition) is 3. The van der Waals surface area contributed by atoms with E-state index in [9.17, 15) is 0 Å². The molecule has 1 atom stereocenters. The van der Waals surface area contributed by atoms with Gasteiger partial charge in [0.2, 0.25) is 0 Å². The maximum absolute atomic E-state index is 5.71. The highest BCUT2D eigenvalue weighted by Crippen LogP contribution is 2.20. The van der Waals surface area contributed by atoms with Gasteiger partial charge in [0.25, 0.3) is 0 Å². The average molecular weight is 280 g/mol. The van der Waals surface area contributed by atoms with Crippen LogP contribution in [0.15, 0.2) is 22.8 Å². The smallest absolute Gasteiger partial charge is 0.169 e. The molecule has 0 spiro atoms. The third kappa shape index (κ3) is 3.70. The van der Waals surface area contributed by atoms with Crippen LogP contribution in [-0.4, -0.2) is 35.3 Å². The molecule has 1 aliphatic heterocycles. The van der Waals surface area contributed by atoms with Crippen LogP contribution in [0.4, 0.5) is 0 Å². The van der Waals surface area contributed by atoms with Crippen molar-refractivity contribution in [1.82, 2.24) is 10.2 Å². The quantitative estimate of drug-likeness (QED) is 0.838. The molecule has 1 saturated heterocycles. The Kier molecular flexibility index (Phi) is 4.03. The Hall–Kier alpha value is -1.07. The highest BCUT2D eigenvalue weighted by atomic mass is 32.1. The summed E-state index contributed by atoms with van der Waals surface area (Å²) in [5.41, 5.74) is 0. The first-order valence-corrected chi connectivity index (χ1v) is 7.41. The Labute approximate surface area is 119 Å². The molecular formula is C14H20N2O2S. The molecular weight excluding hydrogens is 260 g/mol. The summed E-state index contributed by atoms with van der Waals surface area (Å²) in [7, 11) is 0. The third-order valence-electron chi connectivity index (χ3n) is 3.57. The van der Waals surface area contributed by atoms with Gasteiger partial charge < -0.3 is 19.4 Å². The minimum Gasteiger partial charge on any atom is -0.467 e. The molecule has 19 heavy (non-hydrogen) atoms. The summed E-state index contributed by atoms with van der Waals surface area (Å²) < 4.78 is 11.1. The zero-order valence-corrected chi connectivity index (χ0v) is 11.8. The van der Waals surface area contributed by atoms with E-state index in [1.807, 2.05) is 12.1 Å². The van der Waals surface area contributed by atoms with E-state index in [1.165, 1.54) is 12.8 Å². The fourth-order valence-electron chi connectivity index (χ4n) is 2.34. The number of nitrogens with one attached hydrogen (secondary N) is 1. The Morgan fingerprint density at radius 3 is 2.95 bits per heavy atom. The molecule has 2 heterocycles. The number of furan rings is 1. The van der Waals surface area contributed by atoms with Crippen LogP contribution in [0, 0.1) is 0 Å². The third-order valence-corrected chi connectivity index (χ3v) is 3.94. The van der Waals surface area contributed by atoms with Gasteiger partial charge in [-0.2, -0.15) is 0 Å². The summed E-state index contributed by atoms with van der Waals surface area (Å²) >= 11 is 5.52. The van der Waals surface area contributed by atoms with Gasteiger partial charge in [-0.1, -0.05) is 0 Å². The Bertz CT molecular complexity index is 411. The zero-order chi connectivity index (χ0) is 13.1. The van der Waals surface area contributed by atoms with E-state index in [0.717, 1.165) is 36.9 Å². The van der Waals surface area contributed by atoms with Crippen molar-refractivity contribution < 1.29 is 9.15 Å². The van der Waals surface area contributed by atoms with Crippen molar-refractivity contribution in [3.8, 4) is 0 Å². The summed E-state index contributed by atoms with van der Waals surface area (Å²) in [5, 5.41) is 4.23. The standard InChI is InChI=1S/C14H20N2O2S/c19-14(15-11-5-6-11)16(9-12-3-1-7-17-12)10-13-4-2-8-18-13/h1,3,7,11,13H,2,4-6,8-10H2,(H,15,19)/t13-/m1/s1.